The smallest absolute Gasteiger partial charge is 0.326 e. The van der Waals surface area contributed by atoms with Crippen molar-refractivity contribution < 1.29 is 19.1 Å². The molecule has 2 rings (SSSR count). The maximum atomic E-state index is 11.8. The largest absolute Gasteiger partial charge is 0.480 e. The number of rotatable bonds is 5. The van der Waals surface area contributed by atoms with Crippen molar-refractivity contribution in [1.82, 2.24) is 15.3 Å². The Morgan fingerprint density at radius 2 is 2.37 bits per heavy atom. The number of furan rings is 1. The van der Waals surface area contributed by atoms with Gasteiger partial charge in [-0.1, -0.05) is 0 Å². The number of amides is 1. The highest BCUT2D eigenvalue weighted by Crippen LogP contribution is 2.16. The highest BCUT2D eigenvalue weighted by molar-refractivity contribution is 6.32. The van der Waals surface area contributed by atoms with Gasteiger partial charge in [-0.3, -0.25) is 4.79 Å². The Kier molecular flexibility index (Phi) is 3.86. The molecule has 0 spiro atoms. The Bertz CT molecular complexity index is 579. The number of carbonyl (C=O) groups is 2. The maximum absolute atomic E-state index is 11.8. The van der Waals surface area contributed by atoms with E-state index in [9.17, 15) is 9.59 Å². The quantitative estimate of drug-likeness (QED) is 0.761. The molecule has 19 heavy (non-hydrogen) atoms. The van der Waals surface area contributed by atoms with Crippen molar-refractivity contribution in [3.63, 3.8) is 0 Å². The first-order chi connectivity index (χ1) is 9.08. The third-order valence-electron chi connectivity index (χ3n) is 2.44. The van der Waals surface area contributed by atoms with Crippen LogP contribution in [0.3, 0.4) is 0 Å². The van der Waals surface area contributed by atoms with E-state index in [4.69, 9.17) is 21.1 Å². The Morgan fingerprint density at radius 3 is 2.89 bits per heavy atom. The fourth-order valence-electron chi connectivity index (χ4n) is 1.51. The first-order valence-corrected chi connectivity index (χ1v) is 5.69. The second-order valence-electron chi connectivity index (χ2n) is 3.75. The van der Waals surface area contributed by atoms with Crippen molar-refractivity contribution in [3.8, 4) is 0 Å². The van der Waals surface area contributed by atoms with Gasteiger partial charge in [-0.2, -0.15) is 0 Å². The molecule has 0 aromatic carbocycles. The van der Waals surface area contributed by atoms with E-state index < -0.39 is 17.9 Å². The van der Waals surface area contributed by atoms with E-state index in [1.54, 1.807) is 0 Å². The molecule has 8 heteroatoms. The van der Waals surface area contributed by atoms with Crippen LogP contribution in [-0.2, 0) is 11.2 Å². The summed E-state index contributed by atoms with van der Waals surface area (Å²) in [6, 6.07) is 0.283. The lowest BCUT2D eigenvalue weighted by Crippen LogP contribution is -2.42. The van der Waals surface area contributed by atoms with Gasteiger partial charge in [0.2, 0.25) is 5.22 Å². The number of aromatic nitrogens is 2. The monoisotopic (exact) mass is 283 g/mol. The fourth-order valence-corrected chi connectivity index (χ4v) is 1.71. The molecule has 0 radical (unpaired) electrons. The number of nitrogens with one attached hydrogen (secondary N) is 2. The average Bonchev–Trinajstić information content (AvgIpc) is 2.99. The lowest BCUT2D eigenvalue weighted by molar-refractivity contribution is -0.139. The van der Waals surface area contributed by atoms with Crippen molar-refractivity contribution in [2.24, 2.45) is 0 Å². The maximum Gasteiger partial charge on any atom is 0.326 e. The van der Waals surface area contributed by atoms with E-state index in [1.165, 1.54) is 24.9 Å². The van der Waals surface area contributed by atoms with Crippen LogP contribution < -0.4 is 5.32 Å². The molecule has 2 aromatic heterocycles. The molecule has 0 aliphatic carbocycles. The number of carboxylic acid groups (broad SMARTS) is 1. The van der Waals surface area contributed by atoms with Gasteiger partial charge in [0, 0.05) is 18.3 Å². The zero-order chi connectivity index (χ0) is 13.8. The third-order valence-corrected chi connectivity index (χ3v) is 2.74. The molecule has 0 saturated heterocycles. The predicted octanol–water partition coefficient (Wildman–Crippen LogP) is 1.08. The highest BCUT2D eigenvalue weighted by Gasteiger charge is 2.23. The number of nitrogens with zero attached hydrogens (tertiary/aromatic N) is 1. The SMILES string of the molecule is O=C(N[C@H](Cc1cnc[nH]1)C(=O)O)c1ccoc1Cl. The summed E-state index contributed by atoms with van der Waals surface area (Å²) in [6.45, 7) is 0. The van der Waals surface area contributed by atoms with Crippen molar-refractivity contribution in [2.75, 3.05) is 0 Å². The minimum Gasteiger partial charge on any atom is -0.480 e. The second-order valence-corrected chi connectivity index (χ2v) is 4.10. The fraction of sp³-hybridized carbons (Fsp3) is 0.182. The van der Waals surface area contributed by atoms with E-state index in [-0.39, 0.29) is 17.2 Å². The predicted molar refractivity (Wildman–Crippen MR) is 64.9 cm³/mol. The van der Waals surface area contributed by atoms with E-state index in [0.717, 1.165) is 0 Å². The number of hydrogen-bond donors (Lipinski definition) is 3. The van der Waals surface area contributed by atoms with Gasteiger partial charge in [0.25, 0.3) is 5.91 Å². The summed E-state index contributed by atoms with van der Waals surface area (Å²) in [6.07, 6.45) is 4.27. The molecule has 7 nitrogen and oxygen atoms in total. The van der Waals surface area contributed by atoms with E-state index in [1.807, 2.05) is 0 Å². The molecule has 0 saturated carbocycles. The number of imidazole rings is 1. The number of aliphatic carboxylic acids is 1. The van der Waals surface area contributed by atoms with Crippen LogP contribution in [0.15, 0.2) is 29.3 Å². The van der Waals surface area contributed by atoms with Crippen molar-refractivity contribution in [1.29, 1.82) is 0 Å². The molecule has 100 valence electrons. The van der Waals surface area contributed by atoms with Gasteiger partial charge in [0.1, 0.15) is 6.04 Å². The Labute approximate surface area is 112 Å². The van der Waals surface area contributed by atoms with E-state index >= 15 is 0 Å². The molecule has 1 amide bonds. The van der Waals surface area contributed by atoms with Gasteiger partial charge in [0.15, 0.2) is 0 Å². The summed E-state index contributed by atoms with van der Waals surface area (Å²) in [7, 11) is 0. The summed E-state index contributed by atoms with van der Waals surface area (Å²) >= 11 is 5.65. The number of carbonyl (C=O) groups excluding carboxylic acids is 1. The highest BCUT2D eigenvalue weighted by atomic mass is 35.5. The van der Waals surface area contributed by atoms with Crippen LogP contribution in [0.1, 0.15) is 16.1 Å². The molecule has 1 atom stereocenters. The molecular formula is C11H10ClN3O4. The molecular weight excluding hydrogens is 274 g/mol. The zero-order valence-corrected chi connectivity index (χ0v) is 10.3. The number of carboxylic acids is 1. The van der Waals surface area contributed by atoms with Gasteiger partial charge in [-0.25, -0.2) is 9.78 Å². The minimum atomic E-state index is -1.15. The van der Waals surface area contributed by atoms with Gasteiger partial charge in [-0.15, -0.1) is 0 Å². The average molecular weight is 284 g/mol. The summed E-state index contributed by atoms with van der Waals surface area (Å²) in [5.74, 6) is -1.76. The van der Waals surface area contributed by atoms with Crippen LogP contribution in [0, 0.1) is 0 Å². The van der Waals surface area contributed by atoms with E-state index in [2.05, 4.69) is 15.3 Å². The molecule has 0 unspecified atom stereocenters. The van der Waals surface area contributed by atoms with Crippen molar-refractivity contribution in [2.45, 2.75) is 12.5 Å². The number of aromatic amines is 1. The Morgan fingerprint density at radius 1 is 1.58 bits per heavy atom. The third kappa shape index (κ3) is 3.14. The molecule has 2 aromatic rings. The molecule has 0 aliphatic rings. The Hall–Kier alpha value is -2.28. The molecule has 2 heterocycles. The van der Waals surface area contributed by atoms with Gasteiger partial charge in [0.05, 0.1) is 18.2 Å². The van der Waals surface area contributed by atoms with Gasteiger partial charge < -0.3 is 19.8 Å². The van der Waals surface area contributed by atoms with E-state index in [0.29, 0.717) is 5.69 Å². The summed E-state index contributed by atoms with van der Waals surface area (Å²) in [5, 5.41) is 11.4. The first kappa shape index (κ1) is 13.2. The van der Waals surface area contributed by atoms with Gasteiger partial charge in [-0.05, 0) is 17.7 Å². The number of halogens is 1. The minimum absolute atomic E-state index is 0.0804. The van der Waals surface area contributed by atoms with Crippen LogP contribution in [0.2, 0.25) is 5.22 Å². The molecule has 0 bridgehead atoms. The van der Waals surface area contributed by atoms with Crippen LogP contribution in [0.4, 0.5) is 0 Å². The zero-order valence-electron chi connectivity index (χ0n) is 9.59. The van der Waals surface area contributed by atoms with Crippen LogP contribution in [-0.4, -0.2) is 33.0 Å². The van der Waals surface area contributed by atoms with Crippen molar-refractivity contribution in [3.05, 3.63) is 41.3 Å². The van der Waals surface area contributed by atoms with Crippen LogP contribution >= 0.6 is 11.6 Å². The molecule has 0 aliphatic heterocycles. The number of H-pyrrole nitrogens is 1. The first-order valence-electron chi connectivity index (χ1n) is 5.32. The second kappa shape index (κ2) is 5.57. The molecule has 3 N–H and O–H groups in total. The Balaban J connectivity index is 2.07. The van der Waals surface area contributed by atoms with Gasteiger partial charge >= 0.3 is 5.97 Å². The normalized spacial score (nSPS) is 12.1. The summed E-state index contributed by atoms with van der Waals surface area (Å²) < 4.78 is 4.77. The summed E-state index contributed by atoms with van der Waals surface area (Å²) in [5.41, 5.74) is 0.698. The van der Waals surface area contributed by atoms with Crippen LogP contribution in [0.25, 0.3) is 0 Å². The standard InChI is InChI=1S/C11H10ClN3O4/c12-9-7(1-2-19-9)10(16)15-8(11(17)18)3-6-4-13-5-14-6/h1-2,4-5,8H,3H2,(H,13,14)(H,15,16)(H,17,18)/t8-/m1/s1. The van der Waals surface area contributed by atoms with Crippen LogP contribution in [0.5, 0.6) is 0 Å². The lowest BCUT2D eigenvalue weighted by Gasteiger charge is -2.12. The topological polar surface area (TPSA) is 108 Å². The number of hydrogen-bond acceptors (Lipinski definition) is 4. The summed E-state index contributed by atoms with van der Waals surface area (Å²) in [4.78, 5) is 29.5. The lowest BCUT2D eigenvalue weighted by atomic mass is 10.1. The molecule has 0 fully saturated rings. The van der Waals surface area contributed by atoms with Crippen molar-refractivity contribution >= 4 is 23.5 Å².